The fourth-order valence-corrected chi connectivity index (χ4v) is 2.50. The maximum absolute atomic E-state index is 13.0. The van der Waals surface area contributed by atoms with Gasteiger partial charge in [-0.3, -0.25) is 4.79 Å². The van der Waals surface area contributed by atoms with Crippen LogP contribution in [0.4, 0.5) is 4.39 Å². The van der Waals surface area contributed by atoms with Gasteiger partial charge in [-0.25, -0.2) is 4.39 Å². The predicted molar refractivity (Wildman–Crippen MR) is 78.2 cm³/mol. The van der Waals surface area contributed by atoms with E-state index in [1.54, 1.807) is 24.3 Å². The summed E-state index contributed by atoms with van der Waals surface area (Å²) in [6.07, 6.45) is 0. The smallest absolute Gasteiger partial charge is 0.261 e. The normalized spacial score (nSPS) is 11.9. The zero-order valence-electron chi connectivity index (χ0n) is 10.7. The Bertz CT molecular complexity index is 602. The molecule has 0 bridgehead atoms. The molecule has 1 atom stereocenters. The Balaban J connectivity index is 1.83. The van der Waals surface area contributed by atoms with Crippen molar-refractivity contribution >= 4 is 28.8 Å². The number of hydrogen-bond donors (Lipinski definition) is 1. The minimum absolute atomic E-state index is 0.197. The van der Waals surface area contributed by atoms with Gasteiger partial charge in [-0.1, -0.05) is 17.7 Å². The highest BCUT2D eigenvalue weighted by Crippen LogP contribution is 2.21. The SMILES string of the molecule is CC(COc1cccc(F)c1)NC(=O)c1ccc(Cl)s1. The molecule has 1 unspecified atom stereocenters. The van der Waals surface area contributed by atoms with E-state index in [2.05, 4.69) is 5.32 Å². The van der Waals surface area contributed by atoms with Gasteiger partial charge in [0.1, 0.15) is 18.2 Å². The zero-order chi connectivity index (χ0) is 14.5. The van der Waals surface area contributed by atoms with Gasteiger partial charge in [-0.05, 0) is 31.2 Å². The quantitative estimate of drug-likeness (QED) is 0.913. The summed E-state index contributed by atoms with van der Waals surface area (Å²) in [6, 6.07) is 9.02. The molecule has 0 radical (unpaired) electrons. The summed E-state index contributed by atoms with van der Waals surface area (Å²) in [5, 5.41) is 2.79. The van der Waals surface area contributed by atoms with E-state index in [0.29, 0.717) is 15.0 Å². The van der Waals surface area contributed by atoms with Crippen molar-refractivity contribution in [1.82, 2.24) is 5.32 Å². The molecule has 3 nitrogen and oxygen atoms in total. The molecule has 6 heteroatoms. The van der Waals surface area contributed by atoms with Gasteiger partial charge in [0.15, 0.2) is 0 Å². The number of hydrogen-bond acceptors (Lipinski definition) is 3. The van der Waals surface area contributed by atoms with Gasteiger partial charge in [-0.2, -0.15) is 0 Å². The Morgan fingerprint density at radius 3 is 2.90 bits per heavy atom. The molecule has 1 heterocycles. The van der Waals surface area contributed by atoms with Crippen LogP contribution in [-0.4, -0.2) is 18.6 Å². The van der Waals surface area contributed by atoms with Gasteiger partial charge in [0.05, 0.1) is 15.3 Å². The number of carbonyl (C=O) groups is 1. The summed E-state index contributed by atoms with van der Waals surface area (Å²) in [5.74, 6) is -0.116. The highest BCUT2D eigenvalue weighted by Gasteiger charge is 2.12. The van der Waals surface area contributed by atoms with Crippen LogP contribution in [0.3, 0.4) is 0 Å². The molecular formula is C14H13ClFNO2S. The van der Waals surface area contributed by atoms with E-state index in [1.807, 2.05) is 6.92 Å². The maximum Gasteiger partial charge on any atom is 0.261 e. The minimum atomic E-state index is -0.354. The number of halogens is 2. The first-order valence-electron chi connectivity index (χ1n) is 5.99. The first-order chi connectivity index (χ1) is 9.54. The first-order valence-corrected chi connectivity index (χ1v) is 7.18. The number of rotatable bonds is 5. The predicted octanol–water partition coefficient (Wildman–Crippen LogP) is 3.74. The molecule has 1 aromatic carbocycles. The molecule has 2 rings (SSSR count). The first kappa shape index (κ1) is 14.8. The lowest BCUT2D eigenvalue weighted by atomic mass is 10.3. The second-order valence-corrected chi connectivity index (χ2v) is 5.96. The molecule has 0 saturated heterocycles. The topological polar surface area (TPSA) is 38.3 Å². The Hall–Kier alpha value is -1.59. The summed E-state index contributed by atoms with van der Waals surface area (Å²) in [6.45, 7) is 2.07. The molecular weight excluding hydrogens is 301 g/mol. The monoisotopic (exact) mass is 313 g/mol. The van der Waals surface area contributed by atoms with Gasteiger partial charge in [0, 0.05) is 6.07 Å². The molecule has 1 N–H and O–H groups in total. The standard InChI is InChI=1S/C14H13ClFNO2S/c1-9(8-19-11-4-2-3-10(16)7-11)17-14(18)12-5-6-13(15)20-12/h2-7,9H,8H2,1H3,(H,17,18). The number of amides is 1. The molecule has 0 spiro atoms. The van der Waals surface area contributed by atoms with E-state index in [1.165, 1.54) is 23.5 Å². The average molecular weight is 314 g/mol. The fourth-order valence-electron chi connectivity index (χ4n) is 1.55. The Labute approximate surface area is 125 Å². The minimum Gasteiger partial charge on any atom is -0.491 e. The van der Waals surface area contributed by atoms with Gasteiger partial charge >= 0.3 is 0 Å². The third kappa shape index (κ3) is 4.21. The molecule has 1 aromatic heterocycles. The summed E-state index contributed by atoms with van der Waals surface area (Å²) < 4.78 is 18.9. The Morgan fingerprint density at radius 1 is 1.45 bits per heavy atom. The summed E-state index contributed by atoms with van der Waals surface area (Å²) in [4.78, 5) is 12.4. The van der Waals surface area contributed by atoms with Crippen LogP contribution >= 0.6 is 22.9 Å². The lowest BCUT2D eigenvalue weighted by Gasteiger charge is -2.14. The number of benzene rings is 1. The van der Waals surface area contributed by atoms with Crippen molar-refractivity contribution in [2.75, 3.05) is 6.61 Å². The second kappa shape index (κ2) is 6.72. The van der Waals surface area contributed by atoms with E-state index in [9.17, 15) is 9.18 Å². The van der Waals surface area contributed by atoms with Crippen molar-refractivity contribution in [3.8, 4) is 5.75 Å². The van der Waals surface area contributed by atoms with E-state index in [4.69, 9.17) is 16.3 Å². The van der Waals surface area contributed by atoms with E-state index >= 15 is 0 Å². The molecule has 0 aliphatic heterocycles. The Kier molecular flexibility index (Phi) is 4.98. The van der Waals surface area contributed by atoms with Gasteiger partial charge < -0.3 is 10.1 Å². The van der Waals surface area contributed by atoms with Crippen molar-refractivity contribution in [2.45, 2.75) is 13.0 Å². The fraction of sp³-hybridized carbons (Fsp3) is 0.214. The summed E-state index contributed by atoms with van der Waals surface area (Å²) >= 11 is 6.99. The average Bonchev–Trinajstić information content (AvgIpc) is 2.83. The van der Waals surface area contributed by atoms with Crippen molar-refractivity contribution in [2.24, 2.45) is 0 Å². The van der Waals surface area contributed by atoms with Crippen molar-refractivity contribution in [3.05, 3.63) is 51.4 Å². The molecule has 106 valence electrons. The third-order valence-electron chi connectivity index (χ3n) is 2.47. The van der Waals surface area contributed by atoms with E-state index < -0.39 is 0 Å². The highest BCUT2D eigenvalue weighted by molar-refractivity contribution is 7.17. The zero-order valence-corrected chi connectivity index (χ0v) is 12.3. The highest BCUT2D eigenvalue weighted by atomic mass is 35.5. The number of nitrogens with one attached hydrogen (secondary N) is 1. The van der Waals surface area contributed by atoms with Gasteiger partial charge in [-0.15, -0.1) is 11.3 Å². The molecule has 2 aromatic rings. The van der Waals surface area contributed by atoms with E-state index in [-0.39, 0.29) is 24.4 Å². The lowest BCUT2D eigenvalue weighted by molar-refractivity contribution is 0.0930. The maximum atomic E-state index is 13.0. The van der Waals surface area contributed by atoms with Crippen molar-refractivity contribution < 1.29 is 13.9 Å². The van der Waals surface area contributed by atoms with E-state index in [0.717, 1.165) is 0 Å². The number of ether oxygens (including phenoxy) is 1. The largest absolute Gasteiger partial charge is 0.491 e. The van der Waals surface area contributed by atoms with Crippen LogP contribution in [0, 0.1) is 5.82 Å². The molecule has 1 amide bonds. The Morgan fingerprint density at radius 2 is 2.25 bits per heavy atom. The third-order valence-corrected chi connectivity index (χ3v) is 3.70. The molecule has 0 aliphatic carbocycles. The molecule has 0 saturated carbocycles. The van der Waals surface area contributed by atoms with Crippen LogP contribution in [0.25, 0.3) is 0 Å². The molecule has 20 heavy (non-hydrogen) atoms. The van der Waals surface area contributed by atoms with Crippen LogP contribution in [0.5, 0.6) is 5.75 Å². The van der Waals surface area contributed by atoms with Crippen LogP contribution in [0.1, 0.15) is 16.6 Å². The van der Waals surface area contributed by atoms with Gasteiger partial charge in [0.25, 0.3) is 5.91 Å². The van der Waals surface area contributed by atoms with Gasteiger partial charge in [0.2, 0.25) is 0 Å². The lowest BCUT2D eigenvalue weighted by Crippen LogP contribution is -2.36. The van der Waals surface area contributed by atoms with Crippen LogP contribution in [0.15, 0.2) is 36.4 Å². The molecule has 0 aliphatic rings. The number of thiophene rings is 1. The van der Waals surface area contributed by atoms with Crippen LogP contribution in [-0.2, 0) is 0 Å². The number of carbonyl (C=O) groups excluding carboxylic acids is 1. The summed E-state index contributed by atoms with van der Waals surface area (Å²) in [7, 11) is 0. The van der Waals surface area contributed by atoms with Crippen LogP contribution < -0.4 is 10.1 Å². The molecule has 0 fully saturated rings. The van der Waals surface area contributed by atoms with Crippen LogP contribution in [0.2, 0.25) is 4.34 Å². The summed E-state index contributed by atoms with van der Waals surface area (Å²) in [5.41, 5.74) is 0. The van der Waals surface area contributed by atoms with Crippen molar-refractivity contribution in [1.29, 1.82) is 0 Å². The second-order valence-electron chi connectivity index (χ2n) is 4.25. The van der Waals surface area contributed by atoms with Crippen molar-refractivity contribution in [3.63, 3.8) is 0 Å².